The molecule has 1 heterocycles. The van der Waals surface area contributed by atoms with E-state index in [0.29, 0.717) is 17.6 Å². The van der Waals surface area contributed by atoms with Gasteiger partial charge in [-0.2, -0.15) is 0 Å². The highest BCUT2D eigenvalue weighted by Crippen LogP contribution is 2.27. The number of hydrogen-bond acceptors (Lipinski definition) is 3. The summed E-state index contributed by atoms with van der Waals surface area (Å²) in [5, 5.41) is 8.24. The van der Waals surface area contributed by atoms with E-state index < -0.39 is 0 Å². The highest BCUT2D eigenvalue weighted by molar-refractivity contribution is 6.16. The van der Waals surface area contributed by atoms with Gasteiger partial charge in [-0.05, 0) is 29.8 Å². The molecule has 0 spiro atoms. The zero-order chi connectivity index (χ0) is 16.2. The van der Waals surface area contributed by atoms with Gasteiger partial charge in [-0.3, -0.25) is 14.6 Å². The zero-order valence-electron chi connectivity index (χ0n) is 12.8. The average molecular weight is 307 g/mol. The van der Waals surface area contributed by atoms with E-state index >= 15 is 0 Å². The summed E-state index contributed by atoms with van der Waals surface area (Å²) in [5.74, 6) is -0.510. The van der Waals surface area contributed by atoms with Crippen LogP contribution in [0.25, 0.3) is 21.7 Å². The fraction of sp³-hybridized carbons (Fsp3) is 0.167. The van der Waals surface area contributed by atoms with Crippen LogP contribution in [0.5, 0.6) is 0 Å². The number of fused-ring (bicyclic) bond motifs is 3. The fourth-order valence-electron chi connectivity index (χ4n) is 2.62. The molecule has 0 bridgehead atoms. The van der Waals surface area contributed by atoms with Crippen molar-refractivity contribution in [2.75, 3.05) is 13.1 Å². The summed E-state index contributed by atoms with van der Waals surface area (Å²) in [6, 6.07) is 13.5. The minimum atomic E-state index is -0.300. The van der Waals surface area contributed by atoms with Gasteiger partial charge in [-0.1, -0.05) is 30.3 Å². The Bertz CT molecular complexity index is 890. The average Bonchev–Trinajstić information content (AvgIpc) is 2.59. The number of benzene rings is 2. The summed E-state index contributed by atoms with van der Waals surface area (Å²) in [6.07, 6.45) is 1.66. The lowest BCUT2D eigenvalue weighted by atomic mass is 10.0. The Morgan fingerprint density at radius 1 is 1.04 bits per heavy atom. The largest absolute Gasteiger partial charge is 0.355 e. The molecule has 0 fully saturated rings. The summed E-state index contributed by atoms with van der Waals surface area (Å²) in [6.45, 7) is 2.32. The number of carbonyl (C=O) groups is 2. The Kier molecular flexibility index (Phi) is 4.19. The molecule has 0 saturated heterocycles. The van der Waals surface area contributed by atoms with Gasteiger partial charge in [0.2, 0.25) is 5.91 Å². The third-order valence-corrected chi connectivity index (χ3v) is 3.64. The Balaban J connectivity index is 2.02. The molecule has 0 aliphatic heterocycles. The molecule has 0 atom stereocenters. The molecule has 5 heteroatoms. The lowest BCUT2D eigenvalue weighted by Gasteiger charge is -2.10. The first-order valence-corrected chi connectivity index (χ1v) is 7.52. The maximum Gasteiger partial charge on any atom is 0.253 e. The predicted molar refractivity (Wildman–Crippen MR) is 90.3 cm³/mol. The van der Waals surface area contributed by atoms with E-state index in [1.807, 2.05) is 49.4 Å². The van der Waals surface area contributed by atoms with E-state index in [-0.39, 0.29) is 18.4 Å². The van der Waals surface area contributed by atoms with E-state index in [1.165, 1.54) is 0 Å². The van der Waals surface area contributed by atoms with Crippen LogP contribution in [0.15, 0.2) is 48.7 Å². The first-order chi connectivity index (χ1) is 11.2. The molecule has 116 valence electrons. The topological polar surface area (TPSA) is 71.1 Å². The third kappa shape index (κ3) is 2.99. The summed E-state index contributed by atoms with van der Waals surface area (Å²) >= 11 is 0. The van der Waals surface area contributed by atoms with Crippen LogP contribution >= 0.6 is 0 Å². The van der Waals surface area contributed by atoms with Crippen LogP contribution in [0, 0.1) is 0 Å². The summed E-state index contributed by atoms with van der Waals surface area (Å²) in [7, 11) is 0. The van der Waals surface area contributed by atoms with E-state index in [2.05, 4.69) is 15.6 Å². The molecule has 0 aliphatic rings. The molecular formula is C18H17N3O2. The van der Waals surface area contributed by atoms with Crippen molar-refractivity contribution in [1.29, 1.82) is 0 Å². The molecule has 0 unspecified atom stereocenters. The first-order valence-electron chi connectivity index (χ1n) is 7.52. The lowest BCUT2D eigenvalue weighted by Crippen LogP contribution is -2.36. The smallest absolute Gasteiger partial charge is 0.253 e. The second-order valence-electron chi connectivity index (χ2n) is 5.18. The van der Waals surface area contributed by atoms with Gasteiger partial charge in [0.25, 0.3) is 5.91 Å². The molecule has 0 radical (unpaired) electrons. The number of aromatic nitrogens is 1. The number of pyridine rings is 1. The molecule has 23 heavy (non-hydrogen) atoms. The van der Waals surface area contributed by atoms with Crippen molar-refractivity contribution in [2.45, 2.75) is 6.92 Å². The molecule has 5 nitrogen and oxygen atoms in total. The molecule has 2 N–H and O–H groups in total. The van der Waals surface area contributed by atoms with Crippen molar-refractivity contribution in [1.82, 2.24) is 15.6 Å². The summed E-state index contributed by atoms with van der Waals surface area (Å²) in [5.41, 5.74) is 1.11. The number of carbonyl (C=O) groups excluding carboxylic acids is 2. The second kappa shape index (κ2) is 6.44. The molecule has 0 saturated carbocycles. The van der Waals surface area contributed by atoms with Gasteiger partial charge < -0.3 is 10.6 Å². The third-order valence-electron chi connectivity index (χ3n) is 3.64. The zero-order valence-corrected chi connectivity index (χ0v) is 12.8. The lowest BCUT2D eigenvalue weighted by molar-refractivity contribution is -0.120. The Morgan fingerprint density at radius 3 is 2.65 bits per heavy atom. The Hall–Kier alpha value is -2.95. The van der Waals surface area contributed by atoms with Gasteiger partial charge in [-0.25, -0.2) is 0 Å². The number of nitrogens with one attached hydrogen (secondary N) is 2. The summed E-state index contributed by atoms with van der Waals surface area (Å²) < 4.78 is 0. The van der Waals surface area contributed by atoms with Gasteiger partial charge in [0.15, 0.2) is 0 Å². The van der Waals surface area contributed by atoms with Crippen LogP contribution in [0.1, 0.15) is 17.3 Å². The highest BCUT2D eigenvalue weighted by Gasteiger charge is 2.14. The van der Waals surface area contributed by atoms with E-state index in [1.54, 1.807) is 6.20 Å². The van der Waals surface area contributed by atoms with Gasteiger partial charge >= 0.3 is 0 Å². The van der Waals surface area contributed by atoms with Crippen LogP contribution in [0.3, 0.4) is 0 Å². The number of amides is 2. The minimum absolute atomic E-state index is 0.0478. The quantitative estimate of drug-likeness (QED) is 0.726. The first kappa shape index (κ1) is 15.0. The van der Waals surface area contributed by atoms with Crippen molar-refractivity contribution in [2.24, 2.45) is 0 Å². The molecule has 3 rings (SSSR count). The van der Waals surface area contributed by atoms with Gasteiger partial charge in [0.1, 0.15) is 0 Å². The van der Waals surface area contributed by atoms with E-state index in [0.717, 1.165) is 16.2 Å². The molecule has 2 amide bonds. The van der Waals surface area contributed by atoms with Gasteiger partial charge in [0, 0.05) is 18.1 Å². The minimum Gasteiger partial charge on any atom is -0.355 e. The molecular weight excluding hydrogens is 290 g/mol. The van der Waals surface area contributed by atoms with E-state index in [4.69, 9.17) is 0 Å². The van der Waals surface area contributed by atoms with Crippen LogP contribution in [-0.2, 0) is 4.79 Å². The van der Waals surface area contributed by atoms with Crippen molar-refractivity contribution in [3.63, 3.8) is 0 Å². The highest BCUT2D eigenvalue weighted by atomic mass is 16.2. The monoisotopic (exact) mass is 307 g/mol. The normalized spacial score (nSPS) is 10.7. The summed E-state index contributed by atoms with van der Waals surface area (Å²) in [4.78, 5) is 28.3. The van der Waals surface area contributed by atoms with Crippen molar-refractivity contribution in [3.05, 3.63) is 54.2 Å². The van der Waals surface area contributed by atoms with Gasteiger partial charge in [0.05, 0.1) is 17.6 Å². The SMILES string of the molecule is CCNC(=O)CNC(=O)c1cc2ccccc2c2cccnc12. The van der Waals surface area contributed by atoms with Crippen LogP contribution < -0.4 is 10.6 Å². The predicted octanol–water partition coefficient (Wildman–Crippen LogP) is 2.25. The maximum absolute atomic E-state index is 12.5. The maximum atomic E-state index is 12.5. The van der Waals surface area contributed by atoms with Crippen LogP contribution in [-0.4, -0.2) is 29.9 Å². The Labute approximate surface area is 133 Å². The van der Waals surface area contributed by atoms with E-state index in [9.17, 15) is 9.59 Å². The standard InChI is InChI=1S/C18H17N3O2/c1-2-19-16(22)11-21-18(23)15-10-12-6-3-4-7-13(12)14-8-5-9-20-17(14)15/h3-10H,2,11H2,1H3,(H,19,22)(H,21,23). The molecule has 0 aliphatic carbocycles. The number of nitrogens with zero attached hydrogens (tertiary/aromatic N) is 1. The number of likely N-dealkylation sites (N-methyl/N-ethyl adjacent to an activating group) is 1. The van der Waals surface area contributed by atoms with Crippen molar-refractivity contribution in [3.8, 4) is 0 Å². The van der Waals surface area contributed by atoms with Crippen LogP contribution in [0.2, 0.25) is 0 Å². The van der Waals surface area contributed by atoms with Crippen molar-refractivity contribution < 1.29 is 9.59 Å². The Morgan fingerprint density at radius 2 is 1.83 bits per heavy atom. The second-order valence-corrected chi connectivity index (χ2v) is 5.18. The molecule has 3 aromatic rings. The fourth-order valence-corrected chi connectivity index (χ4v) is 2.62. The van der Waals surface area contributed by atoms with Crippen molar-refractivity contribution >= 4 is 33.5 Å². The molecule has 1 aromatic heterocycles. The van der Waals surface area contributed by atoms with Crippen LogP contribution in [0.4, 0.5) is 0 Å². The van der Waals surface area contributed by atoms with Gasteiger partial charge in [-0.15, -0.1) is 0 Å². The molecule has 2 aromatic carbocycles. The number of hydrogen-bond donors (Lipinski definition) is 2. The number of rotatable bonds is 4.